The smallest absolute Gasteiger partial charge is 0.191 e. The van der Waals surface area contributed by atoms with Crippen molar-refractivity contribution in [3.8, 4) is 11.5 Å². The van der Waals surface area contributed by atoms with Crippen LogP contribution in [-0.2, 0) is 6.54 Å². The van der Waals surface area contributed by atoms with Crippen LogP contribution in [0.5, 0.6) is 11.5 Å². The zero-order chi connectivity index (χ0) is 21.5. The minimum Gasteiger partial charge on any atom is -0.497 e. The number of benzene rings is 1. The molecule has 2 N–H and O–H groups in total. The van der Waals surface area contributed by atoms with Gasteiger partial charge in [0.05, 0.1) is 19.9 Å². The van der Waals surface area contributed by atoms with Crippen molar-refractivity contribution in [2.45, 2.75) is 39.3 Å². The molecule has 1 unspecified atom stereocenters. The van der Waals surface area contributed by atoms with Crippen molar-refractivity contribution in [1.82, 2.24) is 20.4 Å². The van der Waals surface area contributed by atoms with Gasteiger partial charge in [0.1, 0.15) is 11.5 Å². The quantitative estimate of drug-likeness (QED) is 0.231. The Balaban J connectivity index is 0.00000341. The Morgan fingerprint density at radius 1 is 1.16 bits per heavy atom. The molecule has 1 atom stereocenters. The average Bonchev–Trinajstić information content (AvgIpc) is 3.35. The lowest BCUT2D eigenvalue weighted by Gasteiger charge is -2.21. The first kappa shape index (κ1) is 25.1. The summed E-state index contributed by atoms with van der Waals surface area (Å²) < 4.78 is 12.9. The van der Waals surface area contributed by atoms with Crippen molar-refractivity contribution in [1.29, 1.82) is 0 Å². The van der Waals surface area contributed by atoms with Gasteiger partial charge in [0.15, 0.2) is 5.96 Å². The fraction of sp³-hybridized carbons (Fsp3) is 0.545. The molecular formula is C22H35IN6O2. The molecule has 2 aromatic rings. The zero-order valence-corrected chi connectivity index (χ0v) is 21.5. The Bertz CT molecular complexity index is 847. The predicted molar refractivity (Wildman–Crippen MR) is 136 cm³/mol. The number of ether oxygens (including phenoxy) is 2. The zero-order valence-electron chi connectivity index (χ0n) is 19.1. The van der Waals surface area contributed by atoms with Crippen LogP contribution in [0.3, 0.4) is 0 Å². The minimum absolute atomic E-state index is 0. The fourth-order valence-corrected chi connectivity index (χ4v) is 3.81. The third-order valence-electron chi connectivity index (χ3n) is 5.40. The summed E-state index contributed by atoms with van der Waals surface area (Å²) in [5.74, 6) is 2.46. The van der Waals surface area contributed by atoms with E-state index in [1.165, 1.54) is 5.69 Å². The highest BCUT2D eigenvalue weighted by molar-refractivity contribution is 14.0. The number of nitrogens with zero attached hydrogens (tertiary/aromatic N) is 4. The molecule has 1 fully saturated rings. The van der Waals surface area contributed by atoms with Gasteiger partial charge in [0.2, 0.25) is 0 Å². The van der Waals surface area contributed by atoms with Crippen molar-refractivity contribution < 1.29 is 9.47 Å². The lowest BCUT2D eigenvalue weighted by atomic mass is 10.2. The Hall–Kier alpha value is -2.17. The standard InChI is InChI=1S/C22H34N6O2.HI/c1-16-11-17(2)28(26-16)9-6-8-24-22(23-3)25-18-7-10-27(15-18)19-12-20(29-4)14-21(13-19)30-5;/h11-14,18H,6-10,15H2,1-5H3,(H2,23,24,25);1H. The molecule has 1 aromatic heterocycles. The first-order chi connectivity index (χ1) is 14.5. The molecule has 1 aliphatic heterocycles. The molecule has 0 saturated carbocycles. The normalized spacial score (nSPS) is 16.1. The number of hydrogen-bond acceptors (Lipinski definition) is 5. The second-order valence-corrected chi connectivity index (χ2v) is 7.65. The highest BCUT2D eigenvalue weighted by Crippen LogP contribution is 2.30. The summed E-state index contributed by atoms with van der Waals surface area (Å²) in [6.07, 6.45) is 2.04. The third kappa shape index (κ3) is 6.91. The first-order valence-electron chi connectivity index (χ1n) is 10.5. The van der Waals surface area contributed by atoms with Gasteiger partial charge in [0, 0.05) is 68.8 Å². The molecule has 0 radical (unpaired) electrons. The Morgan fingerprint density at radius 2 is 1.87 bits per heavy atom. The van der Waals surface area contributed by atoms with Crippen molar-refractivity contribution in [3.05, 3.63) is 35.7 Å². The van der Waals surface area contributed by atoms with E-state index >= 15 is 0 Å². The monoisotopic (exact) mass is 542 g/mol. The Kier molecular flexibility index (Phi) is 9.73. The number of guanidine groups is 1. The number of hydrogen-bond donors (Lipinski definition) is 2. The summed E-state index contributed by atoms with van der Waals surface area (Å²) in [7, 11) is 5.17. The summed E-state index contributed by atoms with van der Waals surface area (Å²) in [4.78, 5) is 6.73. The lowest BCUT2D eigenvalue weighted by molar-refractivity contribution is 0.394. The summed E-state index contributed by atoms with van der Waals surface area (Å²) >= 11 is 0. The van der Waals surface area contributed by atoms with Gasteiger partial charge in [-0.1, -0.05) is 0 Å². The lowest BCUT2D eigenvalue weighted by Crippen LogP contribution is -2.45. The minimum atomic E-state index is 0. The van der Waals surface area contributed by atoms with Gasteiger partial charge in [-0.15, -0.1) is 24.0 Å². The number of aliphatic imine (C=N–C) groups is 1. The van der Waals surface area contributed by atoms with Crippen LogP contribution in [0.25, 0.3) is 0 Å². The van der Waals surface area contributed by atoms with Gasteiger partial charge >= 0.3 is 0 Å². The molecule has 0 amide bonds. The van der Waals surface area contributed by atoms with Gasteiger partial charge in [-0.2, -0.15) is 5.10 Å². The van der Waals surface area contributed by atoms with Gasteiger partial charge in [0.25, 0.3) is 0 Å². The topological polar surface area (TPSA) is 75.9 Å². The molecule has 8 nitrogen and oxygen atoms in total. The van der Waals surface area contributed by atoms with Crippen molar-refractivity contribution in [2.24, 2.45) is 4.99 Å². The van der Waals surface area contributed by atoms with E-state index in [9.17, 15) is 0 Å². The Labute approximate surface area is 202 Å². The molecule has 0 aliphatic carbocycles. The van der Waals surface area contributed by atoms with Crippen LogP contribution in [0.15, 0.2) is 29.3 Å². The number of aryl methyl sites for hydroxylation is 3. The largest absolute Gasteiger partial charge is 0.497 e. The van der Waals surface area contributed by atoms with E-state index in [2.05, 4.69) is 55.4 Å². The van der Waals surface area contributed by atoms with Crippen molar-refractivity contribution >= 4 is 35.6 Å². The van der Waals surface area contributed by atoms with E-state index in [0.29, 0.717) is 6.04 Å². The summed E-state index contributed by atoms with van der Waals surface area (Å²) in [6, 6.07) is 8.45. The molecule has 1 aromatic carbocycles. The average molecular weight is 542 g/mol. The fourth-order valence-electron chi connectivity index (χ4n) is 3.81. The number of methoxy groups -OCH3 is 2. The number of aromatic nitrogens is 2. The van der Waals surface area contributed by atoms with Gasteiger partial charge < -0.3 is 25.0 Å². The summed E-state index contributed by atoms with van der Waals surface area (Å²) in [6.45, 7) is 7.75. The maximum Gasteiger partial charge on any atom is 0.191 e. The Morgan fingerprint density at radius 3 is 2.45 bits per heavy atom. The van der Waals surface area contributed by atoms with Gasteiger partial charge in [-0.3, -0.25) is 9.67 Å². The van der Waals surface area contributed by atoms with E-state index in [1.807, 2.05) is 20.0 Å². The second kappa shape index (κ2) is 12.0. The van der Waals surface area contributed by atoms with E-state index < -0.39 is 0 Å². The van der Waals surface area contributed by atoms with Crippen LogP contribution in [0, 0.1) is 13.8 Å². The molecule has 9 heteroatoms. The van der Waals surface area contributed by atoms with Crippen LogP contribution >= 0.6 is 24.0 Å². The molecule has 2 heterocycles. The second-order valence-electron chi connectivity index (χ2n) is 7.65. The van der Waals surface area contributed by atoms with Crippen LogP contribution in [-0.4, -0.2) is 62.7 Å². The SMILES string of the molecule is CN=C(NCCCn1nc(C)cc1C)NC1CCN(c2cc(OC)cc(OC)c2)C1.I. The maximum absolute atomic E-state index is 5.40. The maximum atomic E-state index is 5.40. The molecular weight excluding hydrogens is 507 g/mol. The van der Waals surface area contributed by atoms with E-state index in [-0.39, 0.29) is 24.0 Å². The molecule has 3 rings (SSSR count). The number of rotatable bonds is 8. The van der Waals surface area contributed by atoms with Crippen LogP contribution in [0.4, 0.5) is 5.69 Å². The third-order valence-corrected chi connectivity index (χ3v) is 5.40. The first-order valence-corrected chi connectivity index (χ1v) is 10.5. The van der Waals surface area contributed by atoms with Gasteiger partial charge in [-0.05, 0) is 32.8 Å². The van der Waals surface area contributed by atoms with E-state index in [0.717, 1.165) is 67.9 Å². The van der Waals surface area contributed by atoms with E-state index in [4.69, 9.17) is 9.47 Å². The molecule has 1 aliphatic rings. The highest BCUT2D eigenvalue weighted by atomic mass is 127. The van der Waals surface area contributed by atoms with Crippen LogP contribution in [0.2, 0.25) is 0 Å². The molecule has 0 bridgehead atoms. The highest BCUT2D eigenvalue weighted by Gasteiger charge is 2.24. The van der Waals surface area contributed by atoms with Crippen LogP contribution in [0.1, 0.15) is 24.2 Å². The van der Waals surface area contributed by atoms with Crippen LogP contribution < -0.4 is 25.0 Å². The summed E-state index contributed by atoms with van der Waals surface area (Å²) in [5.41, 5.74) is 3.39. The molecule has 172 valence electrons. The van der Waals surface area contributed by atoms with Crippen molar-refractivity contribution in [2.75, 3.05) is 45.8 Å². The predicted octanol–water partition coefficient (Wildman–Crippen LogP) is 2.97. The van der Waals surface area contributed by atoms with E-state index in [1.54, 1.807) is 14.2 Å². The number of nitrogens with one attached hydrogen (secondary N) is 2. The number of anilines is 1. The molecule has 31 heavy (non-hydrogen) atoms. The molecule has 0 spiro atoms. The number of halogens is 1. The van der Waals surface area contributed by atoms with Gasteiger partial charge in [-0.25, -0.2) is 0 Å². The summed E-state index contributed by atoms with van der Waals surface area (Å²) in [5, 5.41) is 11.5. The van der Waals surface area contributed by atoms with Crippen molar-refractivity contribution in [3.63, 3.8) is 0 Å². The molecule has 1 saturated heterocycles.